The zero-order valence-electron chi connectivity index (χ0n) is 20.7. The van der Waals surface area contributed by atoms with E-state index in [1.54, 1.807) is 13.0 Å². The number of pyridine rings is 1. The quantitative estimate of drug-likeness (QED) is 0.228. The summed E-state index contributed by atoms with van der Waals surface area (Å²) in [4.78, 5) is 17.5. The first-order valence-electron chi connectivity index (χ1n) is 11.3. The monoisotopic (exact) mass is 534 g/mol. The minimum atomic E-state index is -1.81. The molecule has 0 saturated heterocycles. The number of benzene rings is 1. The fourth-order valence-electron chi connectivity index (χ4n) is 3.34. The van der Waals surface area contributed by atoms with Crippen molar-refractivity contribution in [1.29, 1.82) is 5.41 Å². The first-order valence-corrected chi connectivity index (χ1v) is 11.7. The van der Waals surface area contributed by atoms with Gasteiger partial charge in [0.25, 0.3) is 5.91 Å². The molecule has 0 aliphatic rings. The second-order valence-corrected chi connectivity index (χ2v) is 8.13. The third-order valence-corrected chi connectivity index (χ3v) is 5.40. The van der Waals surface area contributed by atoms with E-state index in [4.69, 9.17) is 21.7 Å². The number of allylic oxidation sites excluding steroid dienone is 2. The predicted octanol–water partition coefficient (Wildman–Crippen LogP) is 4.31. The second kappa shape index (κ2) is 13.1. The number of amides is 1. The van der Waals surface area contributed by atoms with Crippen LogP contribution in [0.5, 0.6) is 5.75 Å². The molecule has 0 unspecified atom stereocenters. The van der Waals surface area contributed by atoms with E-state index in [1.165, 1.54) is 34.9 Å². The van der Waals surface area contributed by atoms with Crippen LogP contribution >= 0.6 is 11.6 Å². The van der Waals surface area contributed by atoms with Crippen molar-refractivity contribution < 1.29 is 28.5 Å². The van der Waals surface area contributed by atoms with Gasteiger partial charge in [0.1, 0.15) is 29.5 Å². The largest absolute Gasteiger partial charge is 0.485 e. The van der Waals surface area contributed by atoms with E-state index >= 15 is 0 Å². The number of aromatic nitrogens is 2. The number of carbonyl (C=O) groups excluding carboxylic acids is 1. The van der Waals surface area contributed by atoms with E-state index in [2.05, 4.69) is 16.9 Å². The number of aryl methyl sites for hydroxylation is 1. The lowest BCUT2D eigenvalue weighted by atomic mass is 9.94. The van der Waals surface area contributed by atoms with Crippen LogP contribution in [-0.4, -0.2) is 50.0 Å². The highest BCUT2D eigenvalue weighted by Crippen LogP contribution is 2.24. The number of hydrogen-bond acceptors (Lipinski definition) is 6. The standard InChI is InChI=1S/C24H23ClF2N4O4.C2H6/c1-14(25)8-9-20(28)24(12-32,13-33)30-23(34)21-15(2)29-22-19(7-4-10-31(21)22)35-11-16-17(26)5-3-6-18(16)27;1-2/h3-10,28,32-33H,1,11-13H2,2H3,(H,30,34);1-2H3/b9-8-,28-20?;. The fraction of sp³-hybridized carbons (Fsp3) is 0.269. The van der Waals surface area contributed by atoms with Crippen LogP contribution in [0.25, 0.3) is 5.65 Å². The summed E-state index contributed by atoms with van der Waals surface area (Å²) in [5, 5.41) is 30.6. The van der Waals surface area contributed by atoms with Crippen molar-refractivity contribution in [1.82, 2.24) is 14.7 Å². The maximum atomic E-state index is 14.0. The molecule has 0 atom stereocenters. The molecule has 1 amide bonds. The summed E-state index contributed by atoms with van der Waals surface area (Å²) in [6.07, 6.45) is 4.03. The van der Waals surface area contributed by atoms with Crippen molar-refractivity contribution in [3.8, 4) is 5.75 Å². The van der Waals surface area contributed by atoms with Crippen LogP contribution < -0.4 is 10.1 Å². The third-order valence-electron chi connectivity index (χ3n) is 5.28. The number of ether oxygens (including phenoxy) is 1. The molecule has 0 fully saturated rings. The predicted molar refractivity (Wildman–Crippen MR) is 138 cm³/mol. The van der Waals surface area contributed by atoms with Gasteiger partial charge in [0, 0.05) is 11.2 Å². The molecule has 11 heteroatoms. The average molecular weight is 535 g/mol. The minimum Gasteiger partial charge on any atom is -0.485 e. The summed E-state index contributed by atoms with van der Waals surface area (Å²) in [7, 11) is 0. The number of hydrogen-bond donors (Lipinski definition) is 4. The van der Waals surface area contributed by atoms with Crippen LogP contribution in [0.4, 0.5) is 8.78 Å². The van der Waals surface area contributed by atoms with Gasteiger partial charge >= 0.3 is 0 Å². The van der Waals surface area contributed by atoms with Crippen molar-refractivity contribution in [2.45, 2.75) is 32.9 Å². The van der Waals surface area contributed by atoms with Crippen LogP contribution in [0.2, 0.25) is 0 Å². The molecule has 4 N–H and O–H groups in total. The molecule has 8 nitrogen and oxygen atoms in total. The Hall–Kier alpha value is -3.60. The van der Waals surface area contributed by atoms with Gasteiger partial charge < -0.3 is 25.7 Å². The normalized spacial score (nSPS) is 11.2. The summed E-state index contributed by atoms with van der Waals surface area (Å²) in [6, 6.07) is 6.58. The molecule has 0 spiro atoms. The van der Waals surface area contributed by atoms with E-state index in [0.29, 0.717) is 0 Å². The summed E-state index contributed by atoms with van der Waals surface area (Å²) < 4.78 is 34.9. The van der Waals surface area contributed by atoms with Gasteiger partial charge in [-0.05, 0) is 43.3 Å². The zero-order chi connectivity index (χ0) is 27.8. The number of nitrogens with zero attached hydrogens (tertiary/aromatic N) is 2. The highest BCUT2D eigenvalue weighted by atomic mass is 35.5. The van der Waals surface area contributed by atoms with Gasteiger partial charge in [0.15, 0.2) is 11.4 Å². The topological polar surface area (TPSA) is 120 Å². The van der Waals surface area contributed by atoms with Gasteiger partial charge in [-0.2, -0.15) is 0 Å². The Morgan fingerprint density at radius 2 is 1.84 bits per heavy atom. The van der Waals surface area contributed by atoms with Crippen LogP contribution in [0.3, 0.4) is 0 Å². The van der Waals surface area contributed by atoms with E-state index < -0.39 is 42.9 Å². The third kappa shape index (κ3) is 6.59. The summed E-state index contributed by atoms with van der Waals surface area (Å²) in [5.74, 6) is -2.08. The lowest BCUT2D eigenvalue weighted by molar-refractivity contribution is 0.0813. The summed E-state index contributed by atoms with van der Waals surface area (Å²) in [5.41, 5.74) is -1.84. The lowest BCUT2D eigenvalue weighted by Crippen LogP contribution is -2.59. The molecule has 2 aromatic heterocycles. The molecular weight excluding hydrogens is 506 g/mol. The SMILES string of the molecule is C=C(Cl)/C=C\C(=N)C(CO)(CO)NC(=O)c1c(C)nc2c(OCc3c(F)cccc3F)cccn12.CC. The second-order valence-electron chi connectivity index (χ2n) is 7.65. The van der Waals surface area contributed by atoms with Gasteiger partial charge in [-0.25, -0.2) is 13.8 Å². The van der Waals surface area contributed by atoms with Gasteiger partial charge in [0.2, 0.25) is 0 Å². The highest BCUT2D eigenvalue weighted by molar-refractivity contribution is 6.31. The molecular formula is C26H29ClF2N4O4. The molecule has 1 aromatic carbocycles. The fourth-order valence-corrected chi connectivity index (χ4v) is 3.40. The van der Waals surface area contributed by atoms with Crippen LogP contribution in [0.15, 0.2) is 60.3 Å². The smallest absolute Gasteiger partial charge is 0.271 e. The van der Waals surface area contributed by atoms with Crippen molar-refractivity contribution in [2.24, 2.45) is 0 Å². The first kappa shape index (κ1) is 29.6. The van der Waals surface area contributed by atoms with Gasteiger partial charge in [0.05, 0.1) is 30.2 Å². The van der Waals surface area contributed by atoms with Crippen molar-refractivity contribution >= 4 is 28.9 Å². The molecule has 0 aliphatic carbocycles. The number of halogens is 3. The first-order chi connectivity index (χ1) is 17.6. The maximum absolute atomic E-state index is 14.0. The van der Waals surface area contributed by atoms with E-state index in [1.807, 2.05) is 13.8 Å². The zero-order valence-corrected chi connectivity index (χ0v) is 21.4. The van der Waals surface area contributed by atoms with Crippen LogP contribution in [-0.2, 0) is 6.61 Å². The number of aliphatic hydroxyl groups is 2. The summed E-state index contributed by atoms with van der Waals surface area (Å²) in [6.45, 7) is 7.08. The lowest BCUT2D eigenvalue weighted by Gasteiger charge is -2.30. The van der Waals surface area contributed by atoms with Crippen LogP contribution in [0, 0.1) is 24.0 Å². The number of rotatable bonds is 10. The number of imidazole rings is 1. The number of fused-ring (bicyclic) bond motifs is 1. The van der Waals surface area contributed by atoms with Gasteiger partial charge in [-0.3, -0.25) is 9.20 Å². The Bertz CT molecular complexity index is 1300. The number of nitrogens with one attached hydrogen (secondary N) is 2. The number of aliphatic hydroxyl groups excluding tert-OH is 2. The Morgan fingerprint density at radius 1 is 1.22 bits per heavy atom. The molecule has 0 radical (unpaired) electrons. The molecule has 0 aliphatic heterocycles. The molecule has 2 heterocycles. The van der Waals surface area contributed by atoms with Crippen LogP contribution in [0.1, 0.15) is 35.6 Å². The van der Waals surface area contributed by atoms with Crippen molar-refractivity contribution in [2.75, 3.05) is 13.2 Å². The molecule has 0 bridgehead atoms. The Labute approximate surface area is 218 Å². The Kier molecular flexibility index (Phi) is 10.5. The maximum Gasteiger partial charge on any atom is 0.271 e. The van der Waals surface area contributed by atoms with E-state index in [9.17, 15) is 23.8 Å². The molecule has 3 aromatic rings. The average Bonchev–Trinajstić information content (AvgIpc) is 3.23. The Morgan fingerprint density at radius 3 is 2.41 bits per heavy atom. The Balaban J connectivity index is 0.00000235. The van der Waals surface area contributed by atoms with Gasteiger partial charge in [-0.1, -0.05) is 38.1 Å². The van der Waals surface area contributed by atoms with E-state index in [-0.39, 0.29) is 39.1 Å². The minimum absolute atomic E-state index is 0.0485. The number of carbonyl (C=O) groups is 1. The molecule has 0 saturated carbocycles. The molecule has 198 valence electrons. The highest BCUT2D eigenvalue weighted by Gasteiger charge is 2.36. The molecule has 3 rings (SSSR count). The van der Waals surface area contributed by atoms with Crippen molar-refractivity contribution in [3.05, 3.63) is 88.9 Å². The molecule has 37 heavy (non-hydrogen) atoms. The van der Waals surface area contributed by atoms with Crippen molar-refractivity contribution in [3.63, 3.8) is 0 Å². The summed E-state index contributed by atoms with van der Waals surface area (Å²) >= 11 is 5.67. The van der Waals surface area contributed by atoms with E-state index in [0.717, 1.165) is 12.1 Å². The van der Waals surface area contributed by atoms with Gasteiger partial charge in [-0.15, -0.1) is 0 Å².